The largest absolute Gasteiger partial charge is 0.354 e. The smallest absolute Gasteiger partial charge is 0.141 e. The Morgan fingerprint density at radius 1 is 0.364 bits per heavy atom. The van der Waals surface area contributed by atoms with E-state index in [1.165, 1.54) is 0 Å². The van der Waals surface area contributed by atoms with Crippen molar-refractivity contribution < 1.29 is 0 Å². The van der Waals surface area contributed by atoms with Crippen LogP contribution in [0.2, 0.25) is 0 Å². The predicted octanol–water partition coefficient (Wildman–Crippen LogP) is 6.22. The second-order valence-electron chi connectivity index (χ2n) is 10.3. The van der Waals surface area contributed by atoms with Gasteiger partial charge in [0, 0.05) is 49.6 Å². The van der Waals surface area contributed by atoms with Crippen LogP contribution in [0, 0.1) is 0 Å². The molecule has 9 heterocycles. The molecule has 44 heavy (non-hydrogen) atoms. The van der Waals surface area contributed by atoms with Crippen LogP contribution in [0.4, 0.5) is 0 Å². The highest BCUT2D eigenvalue weighted by Crippen LogP contribution is 2.35. The van der Waals surface area contributed by atoms with Crippen molar-refractivity contribution in [2.24, 2.45) is 0 Å². The quantitative estimate of drug-likeness (QED) is 0.146. The molecule has 210 valence electrons. The molecule has 0 aromatic carbocycles. The van der Waals surface area contributed by atoms with Gasteiger partial charge in [-0.3, -0.25) is 0 Å². The van der Waals surface area contributed by atoms with Crippen LogP contribution in [0.5, 0.6) is 0 Å². The average Bonchev–Trinajstić information content (AvgIpc) is 3.90. The zero-order valence-corrected chi connectivity index (χ0v) is 22.9. The molecule has 8 bridgehead atoms. The number of nitrogens with zero attached hydrogens (tertiary/aromatic N) is 6. The van der Waals surface area contributed by atoms with Gasteiger partial charge >= 0.3 is 0 Å². The highest BCUT2D eigenvalue weighted by molar-refractivity contribution is 5.97. The molecule has 7 aromatic rings. The molecule has 9 rings (SSSR count). The zero-order valence-electron chi connectivity index (χ0n) is 22.9. The zero-order chi connectivity index (χ0) is 29.0. The van der Waals surface area contributed by atoms with E-state index in [1.54, 1.807) is 49.6 Å². The van der Waals surface area contributed by atoms with E-state index in [-0.39, 0.29) is 0 Å². The molecule has 0 aliphatic carbocycles. The number of rotatable bonds is 4. The fourth-order valence-electron chi connectivity index (χ4n) is 5.81. The highest BCUT2D eigenvalue weighted by Gasteiger charge is 2.20. The summed E-state index contributed by atoms with van der Waals surface area (Å²) in [7, 11) is 0. The molecule has 0 saturated heterocycles. The molecule has 12 nitrogen and oxygen atoms in total. The summed E-state index contributed by atoms with van der Waals surface area (Å²) < 4.78 is 0. The Morgan fingerprint density at radius 2 is 0.636 bits per heavy atom. The third-order valence-electron chi connectivity index (χ3n) is 7.69. The maximum atomic E-state index is 5.13. The van der Waals surface area contributed by atoms with Crippen LogP contribution < -0.4 is 0 Å². The van der Waals surface area contributed by atoms with Gasteiger partial charge in [-0.05, 0) is 48.6 Å². The van der Waals surface area contributed by atoms with Crippen LogP contribution in [-0.4, -0.2) is 59.8 Å². The van der Waals surface area contributed by atoms with E-state index in [1.807, 2.05) is 48.6 Å². The summed E-state index contributed by atoms with van der Waals surface area (Å²) in [6, 6.07) is 8.11. The summed E-state index contributed by atoms with van der Waals surface area (Å²) >= 11 is 0. The maximum Gasteiger partial charge on any atom is 0.141 e. The number of hydrogen-bond donors (Lipinski definition) is 6. The second kappa shape index (κ2) is 9.49. The van der Waals surface area contributed by atoms with Gasteiger partial charge in [0.25, 0.3) is 0 Å². The number of H-pyrrole nitrogens is 6. The summed E-state index contributed by atoms with van der Waals surface area (Å²) in [6.07, 6.45) is 22.2. The van der Waals surface area contributed by atoms with E-state index in [9.17, 15) is 0 Å². The summed E-state index contributed by atoms with van der Waals surface area (Å²) in [5.41, 5.74) is 9.68. The highest BCUT2D eigenvalue weighted by atomic mass is 14.9. The van der Waals surface area contributed by atoms with Gasteiger partial charge in [-0.25, -0.2) is 29.9 Å². The van der Waals surface area contributed by atoms with Gasteiger partial charge in [0.15, 0.2) is 0 Å². The lowest BCUT2D eigenvalue weighted by Crippen LogP contribution is -1.91. The van der Waals surface area contributed by atoms with E-state index < -0.39 is 0 Å². The van der Waals surface area contributed by atoms with E-state index in [0.29, 0.717) is 23.3 Å². The van der Waals surface area contributed by atoms with Gasteiger partial charge in [-0.15, -0.1) is 0 Å². The second-order valence-corrected chi connectivity index (χ2v) is 10.3. The Bertz CT molecular complexity index is 2040. The molecule has 2 aliphatic heterocycles. The number of aromatic amines is 6. The lowest BCUT2D eigenvalue weighted by atomic mass is 10.1. The third kappa shape index (κ3) is 3.78. The monoisotopic (exact) mass is 574 g/mol. The molecular weight excluding hydrogens is 552 g/mol. The minimum atomic E-state index is 0.692. The van der Waals surface area contributed by atoms with Crippen molar-refractivity contribution in [1.29, 1.82) is 0 Å². The molecule has 0 radical (unpaired) electrons. The Kier molecular flexibility index (Phi) is 5.19. The Morgan fingerprint density at radius 3 is 0.864 bits per heavy atom. The summed E-state index contributed by atoms with van der Waals surface area (Å²) in [6.45, 7) is 0. The number of imidazole rings is 4. The van der Waals surface area contributed by atoms with Crippen LogP contribution in [0.25, 0.3) is 91.9 Å². The van der Waals surface area contributed by atoms with Crippen molar-refractivity contribution in [1.82, 2.24) is 59.8 Å². The number of fused-ring (bicyclic) bond motifs is 8. The first kappa shape index (κ1) is 24.1. The normalized spacial score (nSPS) is 12.4. The Balaban J connectivity index is 1.49. The average molecular weight is 575 g/mol. The van der Waals surface area contributed by atoms with Crippen molar-refractivity contribution >= 4 is 46.4 Å². The van der Waals surface area contributed by atoms with Gasteiger partial charge in [0.1, 0.15) is 23.3 Å². The molecule has 12 heteroatoms. The lowest BCUT2D eigenvalue weighted by molar-refractivity contribution is 1.24. The molecule has 7 aromatic heterocycles. The topological polar surface area (TPSA) is 172 Å². The van der Waals surface area contributed by atoms with Crippen molar-refractivity contribution in [3.63, 3.8) is 0 Å². The van der Waals surface area contributed by atoms with Crippen molar-refractivity contribution in [3.05, 3.63) is 96.6 Å². The lowest BCUT2D eigenvalue weighted by Gasteiger charge is -2.03. The van der Waals surface area contributed by atoms with Crippen LogP contribution in [0.1, 0.15) is 22.8 Å². The predicted molar refractivity (Wildman–Crippen MR) is 169 cm³/mol. The number of nitrogens with one attached hydrogen (secondary N) is 6. The van der Waals surface area contributed by atoms with Crippen LogP contribution >= 0.6 is 0 Å². The summed E-state index contributed by atoms with van der Waals surface area (Å²) in [5, 5.41) is 0. The van der Waals surface area contributed by atoms with Crippen LogP contribution in [-0.2, 0) is 0 Å². The molecular formula is C32H22N12. The minimum absolute atomic E-state index is 0.692. The first-order valence-electron chi connectivity index (χ1n) is 14.0. The van der Waals surface area contributed by atoms with Gasteiger partial charge < -0.3 is 29.9 Å². The molecule has 6 N–H and O–H groups in total. The molecule has 0 spiro atoms. The summed E-state index contributed by atoms with van der Waals surface area (Å²) in [5.74, 6) is 2.77. The third-order valence-corrected chi connectivity index (χ3v) is 7.69. The minimum Gasteiger partial charge on any atom is -0.354 e. The molecule has 0 atom stereocenters. The first-order chi connectivity index (χ1) is 21.8. The molecule has 0 saturated carbocycles. The molecule has 0 unspecified atom stereocenters. The Hall–Kier alpha value is -6.56. The van der Waals surface area contributed by atoms with E-state index in [0.717, 1.165) is 67.1 Å². The first-order valence-corrected chi connectivity index (χ1v) is 14.0. The van der Waals surface area contributed by atoms with E-state index in [2.05, 4.69) is 49.8 Å². The van der Waals surface area contributed by atoms with E-state index in [4.69, 9.17) is 9.97 Å². The molecule has 0 amide bonds. The molecule has 2 aliphatic rings. The van der Waals surface area contributed by atoms with E-state index >= 15 is 0 Å². The number of hydrogen-bond acceptors (Lipinski definition) is 6. The standard InChI is InChI=1S/C32H22N12/c1-2-18-26(30-35-11-12-36-30)20-5-6-22(43-20)28(32-39-15-16-40-32)24-8-7-23(44-24)27(31-37-13-14-38-31)21-4-3-19(42-21)25(17(1)41-18)29-33-9-10-34-29/h1-16,41,44H,(H,33,34)(H,35,36)(H,37,38)(H,39,40). The van der Waals surface area contributed by atoms with Crippen molar-refractivity contribution in [3.8, 4) is 45.6 Å². The van der Waals surface area contributed by atoms with Gasteiger partial charge in [0.05, 0.1) is 67.1 Å². The van der Waals surface area contributed by atoms with Gasteiger partial charge in [-0.1, -0.05) is 0 Å². The van der Waals surface area contributed by atoms with Crippen LogP contribution in [0.3, 0.4) is 0 Å². The molecule has 0 fully saturated rings. The fraction of sp³-hybridized carbons (Fsp3) is 0. The van der Waals surface area contributed by atoms with Crippen LogP contribution in [0.15, 0.2) is 73.8 Å². The van der Waals surface area contributed by atoms with Crippen molar-refractivity contribution in [2.75, 3.05) is 0 Å². The Labute approximate surface area is 248 Å². The summed E-state index contributed by atoms with van der Waals surface area (Å²) in [4.78, 5) is 48.9. The fourth-order valence-corrected chi connectivity index (χ4v) is 5.81. The van der Waals surface area contributed by atoms with Crippen molar-refractivity contribution in [2.45, 2.75) is 0 Å². The maximum absolute atomic E-state index is 5.13. The van der Waals surface area contributed by atoms with Gasteiger partial charge in [0.2, 0.25) is 0 Å². The van der Waals surface area contributed by atoms with Gasteiger partial charge in [-0.2, -0.15) is 0 Å². The number of aromatic nitrogens is 12. The SMILES string of the molecule is C1=Cc2nc1c(-c1ncc[nH]1)c1ccc([nH]1)c(-c1ncc[nH]1)c1nc(c(-c3ncc[nH]3)c3ccc([nH]3)c2-c2ncc[nH]2)C=C1.